The number of methoxy groups -OCH3 is 1. The Hall–Kier alpha value is -1.13. The molecule has 0 saturated heterocycles. The van der Waals surface area contributed by atoms with Crippen LogP contribution in [0, 0.1) is 5.82 Å². The van der Waals surface area contributed by atoms with Crippen molar-refractivity contribution in [1.82, 2.24) is 0 Å². The topological polar surface area (TPSA) is 55.5 Å². The number of rotatable bonds is 3. The molecule has 3 nitrogen and oxygen atoms in total. The number of aliphatic hydroxyl groups is 1. The molecular formula is C10H14FNO2. The zero-order valence-electron chi connectivity index (χ0n) is 8.20. The van der Waals surface area contributed by atoms with Crippen LogP contribution in [0.2, 0.25) is 0 Å². The summed E-state index contributed by atoms with van der Waals surface area (Å²) < 4.78 is 17.9. The summed E-state index contributed by atoms with van der Waals surface area (Å²) in [5, 5.41) is 9.28. The zero-order chi connectivity index (χ0) is 10.7. The average molecular weight is 199 g/mol. The third-order valence-electron chi connectivity index (χ3n) is 2.07. The molecule has 0 aliphatic heterocycles. The highest BCUT2D eigenvalue weighted by Gasteiger charge is 2.17. The molecule has 78 valence electrons. The molecule has 0 heterocycles. The van der Waals surface area contributed by atoms with Crippen molar-refractivity contribution in [3.05, 3.63) is 29.6 Å². The van der Waals surface area contributed by atoms with Gasteiger partial charge in [-0.25, -0.2) is 4.39 Å². The first kappa shape index (κ1) is 10.9. The number of ether oxygens (including phenoxy) is 1. The molecule has 1 aromatic carbocycles. The lowest BCUT2D eigenvalue weighted by Gasteiger charge is -2.17. The predicted molar refractivity (Wildman–Crippen MR) is 51.6 cm³/mol. The van der Waals surface area contributed by atoms with Crippen molar-refractivity contribution in [1.29, 1.82) is 0 Å². The summed E-state index contributed by atoms with van der Waals surface area (Å²) in [6, 6.07) is 3.42. The van der Waals surface area contributed by atoms with Crippen molar-refractivity contribution in [2.24, 2.45) is 5.73 Å². The van der Waals surface area contributed by atoms with Gasteiger partial charge in [0.15, 0.2) is 0 Å². The minimum Gasteiger partial charge on any atom is -0.496 e. The van der Waals surface area contributed by atoms with E-state index >= 15 is 0 Å². The Morgan fingerprint density at radius 2 is 2.14 bits per heavy atom. The number of aliphatic hydroxyl groups excluding tert-OH is 1. The van der Waals surface area contributed by atoms with E-state index in [2.05, 4.69) is 0 Å². The Labute approximate surface area is 82.3 Å². The fourth-order valence-corrected chi connectivity index (χ4v) is 1.23. The highest BCUT2D eigenvalue weighted by molar-refractivity contribution is 5.36. The normalized spacial score (nSPS) is 14.9. The average Bonchev–Trinajstić information content (AvgIpc) is 2.16. The largest absolute Gasteiger partial charge is 0.496 e. The number of hydrogen-bond donors (Lipinski definition) is 2. The van der Waals surface area contributed by atoms with Crippen LogP contribution >= 0.6 is 0 Å². The van der Waals surface area contributed by atoms with Crippen LogP contribution in [0.5, 0.6) is 5.75 Å². The van der Waals surface area contributed by atoms with E-state index in [0.29, 0.717) is 11.3 Å². The molecule has 0 spiro atoms. The first-order chi connectivity index (χ1) is 6.56. The summed E-state index contributed by atoms with van der Waals surface area (Å²) in [5.74, 6) is 0.0942. The number of benzene rings is 1. The van der Waals surface area contributed by atoms with Crippen molar-refractivity contribution in [3.8, 4) is 5.75 Å². The van der Waals surface area contributed by atoms with Crippen LogP contribution in [-0.4, -0.2) is 18.3 Å². The Morgan fingerprint density at radius 3 is 2.64 bits per heavy atom. The Bertz CT molecular complexity index is 315. The molecule has 3 N–H and O–H groups in total. The maximum atomic E-state index is 12.9. The van der Waals surface area contributed by atoms with Gasteiger partial charge in [-0.15, -0.1) is 0 Å². The van der Waals surface area contributed by atoms with Crippen LogP contribution in [0.3, 0.4) is 0 Å². The van der Waals surface area contributed by atoms with E-state index in [-0.39, 0.29) is 0 Å². The first-order valence-corrected chi connectivity index (χ1v) is 4.33. The summed E-state index contributed by atoms with van der Waals surface area (Å²) in [5.41, 5.74) is 6.16. The summed E-state index contributed by atoms with van der Waals surface area (Å²) in [6.07, 6.45) is -0.745. The molecule has 14 heavy (non-hydrogen) atoms. The number of nitrogens with two attached hydrogens (primary N) is 1. The van der Waals surface area contributed by atoms with Crippen LogP contribution < -0.4 is 10.5 Å². The minimum absolute atomic E-state index is 0.392. The van der Waals surface area contributed by atoms with Gasteiger partial charge < -0.3 is 15.6 Å². The Morgan fingerprint density at radius 1 is 1.50 bits per heavy atom. The monoisotopic (exact) mass is 199 g/mol. The summed E-state index contributed by atoms with van der Waals surface area (Å²) in [4.78, 5) is 0. The molecule has 4 heteroatoms. The van der Waals surface area contributed by atoms with E-state index in [1.165, 1.54) is 25.3 Å². The van der Waals surface area contributed by atoms with Gasteiger partial charge in [-0.1, -0.05) is 0 Å². The fraction of sp³-hybridized carbons (Fsp3) is 0.400. The second kappa shape index (κ2) is 4.39. The standard InChI is InChI=1S/C10H14FNO2/c1-6(13)10(12)8-5-7(11)3-4-9(8)14-2/h3-6,10,13H,12H2,1-2H3. The number of halogens is 1. The lowest BCUT2D eigenvalue weighted by atomic mass is 10.0. The summed E-state index contributed by atoms with van der Waals surface area (Å²) in [7, 11) is 1.48. The van der Waals surface area contributed by atoms with Crippen LogP contribution in [0.4, 0.5) is 4.39 Å². The molecule has 0 bridgehead atoms. The number of hydrogen-bond acceptors (Lipinski definition) is 3. The Kier molecular flexibility index (Phi) is 3.43. The van der Waals surface area contributed by atoms with E-state index in [0.717, 1.165) is 0 Å². The van der Waals surface area contributed by atoms with Crippen molar-refractivity contribution in [2.45, 2.75) is 19.1 Å². The molecular weight excluding hydrogens is 185 g/mol. The van der Waals surface area contributed by atoms with Gasteiger partial charge in [-0.2, -0.15) is 0 Å². The molecule has 0 aliphatic carbocycles. The lowest BCUT2D eigenvalue weighted by molar-refractivity contribution is 0.162. The SMILES string of the molecule is COc1ccc(F)cc1C(N)C(C)O. The molecule has 1 rings (SSSR count). The van der Waals surface area contributed by atoms with Gasteiger partial charge in [0.25, 0.3) is 0 Å². The first-order valence-electron chi connectivity index (χ1n) is 4.33. The molecule has 0 fully saturated rings. The van der Waals surface area contributed by atoms with Gasteiger partial charge in [-0.3, -0.25) is 0 Å². The van der Waals surface area contributed by atoms with E-state index < -0.39 is 18.0 Å². The maximum absolute atomic E-state index is 12.9. The van der Waals surface area contributed by atoms with Crippen molar-refractivity contribution < 1.29 is 14.2 Å². The highest BCUT2D eigenvalue weighted by Crippen LogP contribution is 2.26. The van der Waals surface area contributed by atoms with Gasteiger partial charge >= 0.3 is 0 Å². The molecule has 0 saturated carbocycles. The smallest absolute Gasteiger partial charge is 0.123 e. The lowest BCUT2D eigenvalue weighted by Crippen LogP contribution is -2.23. The zero-order valence-corrected chi connectivity index (χ0v) is 8.20. The maximum Gasteiger partial charge on any atom is 0.123 e. The predicted octanol–water partition coefficient (Wildman–Crippen LogP) is 1.21. The van der Waals surface area contributed by atoms with E-state index in [1.807, 2.05) is 0 Å². The third-order valence-corrected chi connectivity index (χ3v) is 2.07. The molecule has 0 radical (unpaired) electrons. The van der Waals surface area contributed by atoms with Crippen LogP contribution in [0.1, 0.15) is 18.5 Å². The van der Waals surface area contributed by atoms with Crippen molar-refractivity contribution >= 4 is 0 Å². The van der Waals surface area contributed by atoms with E-state index in [9.17, 15) is 9.50 Å². The van der Waals surface area contributed by atoms with Gasteiger partial charge in [-0.05, 0) is 25.1 Å². The van der Waals surface area contributed by atoms with E-state index in [4.69, 9.17) is 10.5 Å². The quantitative estimate of drug-likeness (QED) is 0.769. The van der Waals surface area contributed by atoms with Crippen LogP contribution in [0.25, 0.3) is 0 Å². The van der Waals surface area contributed by atoms with Crippen molar-refractivity contribution in [3.63, 3.8) is 0 Å². The van der Waals surface area contributed by atoms with Gasteiger partial charge in [0.05, 0.1) is 19.3 Å². The Balaban J connectivity index is 3.10. The molecule has 2 atom stereocenters. The minimum atomic E-state index is -0.745. The molecule has 0 aromatic heterocycles. The second-order valence-corrected chi connectivity index (χ2v) is 3.15. The van der Waals surface area contributed by atoms with Gasteiger partial charge in [0, 0.05) is 5.56 Å². The molecule has 2 unspecified atom stereocenters. The third kappa shape index (κ3) is 2.21. The fourth-order valence-electron chi connectivity index (χ4n) is 1.23. The van der Waals surface area contributed by atoms with Gasteiger partial charge in [0.2, 0.25) is 0 Å². The van der Waals surface area contributed by atoms with E-state index in [1.54, 1.807) is 6.92 Å². The van der Waals surface area contributed by atoms with Gasteiger partial charge in [0.1, 0.15) is 11.6 Å². The molecule has 0 amide bonds. The van der Waals surface area contributed by atoms with Crippen LogP contribution in [0.15, 0.2) is 18.2 Å². The molecule has 0 aliphatic rings. The summed E-state index contributed by atoms with van der Waals surface area (Å²) in [6.45, 7) is 1.55. The highest BCUT2D eigenvalue weighted by atomic mass is 19.1. The van der Waals surface area contributed by atoms with Crippen molar-refractivity contribution in [2.75, 3.05) is 7.11 Å². The summed E-state index contributed by atoms with van der Waals surface area (Å²) >= 11 is 0. The van der Waals surface area contributed by atoms with Crippen LogP contribution in [-0.2, 0) is 0 Å². The second-order valence-electron chi connectivity index (χ2n) is 3.15. The molecule has 1 aromatic rings.